The van der Waals surface area contributed by atoms with Crippen molar-refractivity contribution >= 4 is 11.8 Å². The third-order valence-electron chi connectivity index (χ3n) is 3.92. The van der Waals surface area contributed by atoms with Gasteiger partial charge in [0.05, 0.1) is 5.69 Å². The van der Waals surface area contributed by atoms with Crippen LogP contribution in [0.5, 0.6) is 5.75 Å². The number of nitrogen functional groups attached to an aromatic ring is 1. The Labute approximate surface area is 142 Å². The Hall–Kier alpha value is -3.00. The molecule has 0 aromatic heterocycles. The van der Waals surface area contributed by atoms with Crippen LogP contribution < -0.4 is 10.5 Å². The lowest BCUT2D eigenvalue weighted by atomic mass is 10.1. The summed E-state index contributed by atoms with van der Waals surface area (Å²) in [6, 6.07) is 16.5. The molecule has 2 aromatic rings. The highest BCUT2D eigenvalue weighted by molar-refractivity contribution is 5.73. The summed E-state index contributed by atoms with van der Waals surface area (Å²) in [7, 11) is 0. The second-order valence-corrected chi connectivity index (χ2v) is 5.57. The number of nitrogens with two attached hydrogens (primary N) is 1. The lowest BCUT2D eigenvalue weighted by Gasteiger charge is -2.28. The largest absolute Gasteiger partial charge is 0.415 e. The molecule has 2 rings (SSSR count). The fraction of sp³-hybridized carbons (Fsp3) is 0.263. The zero-order chi connectivity index (χ0) is 17.5. The van der Waals surface area contributed by atoms with Crippen LogP contribution in [0.3, 0.4) is 0 Å². The van der Waals surface area contributed by atoms with Crippen LogP contribution >= 0.6 is 0 Å². The van der Waals surface area contributed by atoms with Crippen LogP contribution in [0.1, 0.15) is 31.4 Å². The molecule has 0 saturated heterocycles. The second kappa shape index (κ2) is 8.02. The lowest BCUT2D eigenvalue weighted by molar-refractivity contribution is 0.130. The predicted octanol–water partition coefficient (Wildman–Crippen LogP) is 3.94. The molecule has 0 aliphatic rings. The third-order valence-corrected chi connectivity index (χ3v) is 3.92. The number of anilines is 1. The van der Waals surface area contributed by atoms with Crippen molar-refractivity contribution in [2.75, 3.05) is 5.73 Å². The number of nitrogens with zero attached hydrogens (tertiary/aromatic N) is 2. The SMILES string of the molecule is CC[C@H](C)N(Cc1ccccc1)C(=O)Oc1cccc(N)c1C#N. The average molecular weight is 323 g/mol. The van der Waals surface area contributed by atoms with Gasteiger partial charge in [-0.1, -0.05) is 43.3 Å². The van der Waals surface area contributed by atoms with Gasteiger partial charge in [0.1, 0.15) is 11.6 Å². The molecule has 0 unspecified atom stereocenters. The molecule has 24 heavy (non-hydrogen) atoms. The highest BCUT2D eigenvalue weighted by Crippen LogP contribution is 2.24. The molecule has 0 aliphatic carbocycles. The molecule has 0 heterocycles. The van der Waals surface area contributed by atoms with E-state index in [-0.39, 0.29) is 17.4 Å². The smallest absolute Gasteiger partial charge is 0.409 e. The van der Waals surface area contributed by atoms with Gasteiger partial charge in [0.15, 0.2) is 5.75 Å². The fourth-order valence-corrected chi connectivity index (χ4v) is 2.31. The molecule has 124 valence electrons. The van der Waals surface area contributed by atoms with Gasteiger partial charge in [-0.3, -0.25) is 0 Å². The van der Waals surface area contributed by atoms with Crippen LogP contribution in [-0.4, -0.2) is 17.0 Å². The second-order valence-electron chi connectivity index (χ2n) is 5.57. The number of carbonyl (C=O) groups excluding carboxylic acids is 1. The molecule has 0 spiro atoms. The monoisotopic (exact) mass is 323 g/mol. The van der Waals surface area contributed by atoms with Crippen molar-refractivity contribution in [1.82, 2.24) is 4.90 Å². The van der Waals surface area contributed by atoms with Crippen molar-refractivity contribution in [3.05, 3.63) is 59.7 Å². The Morgan fingerprint density at radius 1 is 1.25 bits per heavy atom. The maximum atomic E-state index is 12.7. The summed E-state index contributed by atoms with van der Waals surface area (Å²) in [5.74, 6) is 0.184. The van der Waals surface area contributed by atoms with Crippen LogP contribution in [0, 0.1) is 11.3 Å². The highest BCUT2D eigenvalue weighted by atomic mass is 16.6. The summed E-state index contributed by atoms with van der Waals surface area (Å²) in [6.45, 7) is 4.42. The summed E-state index contributed by atoms with van der Waals surface area (Å²) < 4.78 is 5.46. The molecule has 2 aromatic carbocycles. The maximum Gasteiger partial charge on any atom is 0.415 e. The first kappa shape index (κ1) is 17.4. The fourth-order valence-electron chi connectivity index (χ4n) is 2.31. The maximum absolute atomic E-state index is 12.7. The number of benzene rings is 2. The minimum Gasteiger partial charge on any atom is -0.409 e. The molecule has 2 N–H and O–H groups in total. The van der Waals surface area contributed by atoms with Gasteiger partial charge in [-0.15, -0.1) is 0 Å². The molecule has 0 fully saturated rings. The molecule has 0 saturated carbocycles. The van der Waals surface area contributed by atoms with Gasteiger partial charge >= 0.3 is 6.09 Å². The topological polar surface area (TPSA) is 79.3 Å². The minimum atomic E-state index is -0.490. The predicted molar refractivity (Wildman–Crippen MR) is 93.3 cm³/mol. The number of nitriles is 1. The van der Waals surface area contributed by atoms with Gasteiger partial charge in [0.2, 0.25) is 0 Å². The van der Waals surface area contributed by atoms with E-state index in [0.717, 1.165) is 12.0 Å². The number of hydrogen-bond acceptors (Lipinski definition) is 4. The first-order valence-electron chi connectivity index (χ1n) is 7.87. The van der Waals surface area contributed by atoms with Gasteiger partial charge in [-0.25, -0.2) is 4.79 Å². The van der Waals surface area contributed by atoms with E-state index in [9.17, 15) is 10.1 Å². The molecule has 0 radical (unpaired) electrons. The summed E-state index contributed by atoms with van der Waals surface area (Å²) in [4.78, 5) is 14.3. The molecular formula is C19H21N3O2. The van der Waals surface area contributed by atoms with Crippen molar-refractivity contribution in [3.8, 4) is 11.8 Å². The van der Waals surface area contributed by atoms with Gasteiger partial charge < -0.3 is 15.4 Å². The van der Waals surface area contributed by atoms with Crippen LogP contribution in [0.2, 0.25) is 0 Å². The molecular weight excluding hydrogens is 302 g/mol. The molecule has 1 atom stereocenters. The number of ether oxygens (including phenoxy) is 1. The van der Waals surface area contributed by atoms with Crippen molar-refractivity contribution in [2.45, 2.75) is 32.9 Å². The zero-order valence-corrected chi connectivity index (χ0v) is 13.9. The highest BCUT2D eigenvalue weighted by Gasteiger charge is 2.22. The summed E-state index contributed by atoms with van der Waals surface area (Å²) in [5, 5.41) is 9.21. The van der Waals surface area contributed by atoms with Crippen molar-refractivity contribution in [3.63, 3.8) is 0 Å². The standard InChI is InChI=1S/C19H21N3O2/c1-3-14(2)22(13-15-8-5-4-6-9-15)19(23)24-18-11-7-10-17(21)16(18)12-20/h4-11,14H,3,13,21H2,1-2H3/t14-/m0/s1. The summed E-state index contributed by atoms with van der Waals surface area (Å²) >= 11 is 0. The molecule has 0 aliphatic heterocycles. The van der Waals surface area contributed by atoms with E-state index in [1.54, 1.807) is 23.1 Å². The molecule has 1 amide bonds. The van der Waals surface area contributed by atoms with E-state index in [2.05, 4.69) is 0 Å². The third kappa shape index (κ3) is 4.05. The van der Waals surface area contributed by atoms with Crippen molar-refractivity contribution < 1.29 is 9.53 Å². The van der Waals surface area contributed by atoms with E-state index >= 15 is 0 Å². The number of hydrogen-bond donors (Lipinski definition) is 1. The number of amides is 1. The average Bonchev–Trinajstić information content (AvgIpc) is 2.60. The number of rotatable bonds is 5. The zero-order valence-electron chi connectivity index (χ0n) is 13.9. The molecule has 0 bridgehead atoms. The Balaban J connectivity index is 2.23. The van der Waals surface area contributed by atoms with E-state index in [1.807, 2.05) is 50.2 Å². The summed E-state index contributed by atoms with van der Waals surface area (Å²) in [5.41, 5.74) is 7.25. The van der Waals surface area contributed by atoms with E-state index < -0.39 is 6.09 Å². The number of carbonyl (C=O) groups is 1. The van der Waals surface area contributed by atoms with Crippen LogP contribution in [0.25, 0.3) is 0 Å². The van der Waals surface area contributed by atoms with Crippen LogP contribution in [0.4, 0.5) is 10.5 Å². The Bertz CT molecular complexity index is 738. The normalized spacial score (nSPS) is 11.4. The quantitative estimate of drug-likeness (QED) is 0.845. The Morgan fingerprint density at radius 2 is 1.96 bits per heavy atom. The Morgan fingerprint density at radius 3 is 2.58 bits per heavy atom. The van der Waals surface area contributed by atoms with Crippen LogP contribution in [0.15, 0.2) is 48.5 Å². The van der Waals surface area contributed by atoms with E-state index in [4.69, 9.17) is 10.5 Å². The first-order valence-corrected chi connectivity index (χ1v) is 7.87. The van der Waals surface area contributed by atoms with Gasteiger partial charge in [0.25, 0.3) is 0 Å². The van der Waals surface area contributed by atoms with Crippen molar-refractivity contribution in [2.24, 2.45) is 0 Å². The molecule has 5 nitrogen and oxygen atoms in total. The van der Waals surface area contributed by atoms with Gasteiger partial charge in [-0.05, 0) is 31.0 Å². The summed E-state index contributed by atoms with van der Waals surface area (Å²) in [6.07, 6.45) is 0.305. The lowest BCUT2D eigenvalue weighted by Crippen LogP contribution is -2.39. The van der Waals surface area contributed by atoms with Crippen molar-refractivity contribution in [1.29, 1.82) is 5.26 Å². The van der Waals surface area contributed by atoms with Gasteiger partial charge in [-0.2, -0.15) is 5.26 Å². The van der Waals surface area contributed by atoms with Gasteiger partial charge in [0, 0.05) is 12.6 Å². The van der Waals surface area contributed by atoms with E-state index in [1.165, 1.54) is 0 Å². The van der Waals surface area contributed by atoms with E-state index in [0.29, 0.717) is 12.2 Å². The minimum absolute atomic E-state index is 0.00398. The Kier molecular flexibility index (Phi) is 5.80. The molecule has 5 heteroatoms. The first-order chi connectivity index (χ1) is 11.6. The van der Waals surface area contributed by atoms with Crippen LogP contribution in [-0.2, 0) is 6.54 Å².